The number of hydrogen-bond acceptors (Lipinski definition) is 4. The van der Waals surface area contributed by atoms with Gasteiger partial charge in [-0.1, -0.05) is 103 Å². The van der Waals surface area contributed by atoms with E-state index in [1.165, 1.54) is 20.2 Å². The minimum absolute atomic E-state index is 0.581. The van der Waals surface area contributed by atoms with E-state index >= 15 is 0 Å². The standard InChI is InChI=1S/C50H27N3OS/c51-28-30-16-18-31(19-17-30)43-26-32(20-21-33(43)29-52)35-23-22-34(27-44(35)42-12-7-11-41-38-10-3-6-15-47(38)55-50(41)42)53-45-13-4-1-8-36(45)39-24-25-40-37-9-2-5-14-46(37)54-49(40)48(39)53/h1-27H. The molecule has 0 aliphatic carbocycles. The van der Waals surface area contributed by atoms with Gasteiger partial charge in [-0.15, -0.1) is 11.3 Å². The number of benzene rings is 8. The molecule has 0 unspecified atom stereocenters. The van der Waals surface area contributed by atoms with Crippen LogP contribution in [0.1, 0.15) is 11.1 Å². The topological polar surface area (TPSA) is 65.7 Å². The lowest BCUT2D eigenvalue weighted by Gasteiger charge is -2.17. The second kappa shape index (κ2) is 12.0. The fraction of sp³-hybridized carbons (Fsp3) is 0. The third-order valence-electron chi connectivity index (χ3n) is 10.9. The second-order valence-electron chi connectivity index (χ2n) is 13.9. The maximum absolute atomic E-state index is 10.2. The van der Waals surface area contributed by atoms with Gasteiger partial charge >= 0.3 is 0 Å². The van der Waals surface area contributed by atoms with Crippen LogP contribution in [-0.2, 0) is 0 Å². The molecule has 0 bridgehead atoms. The first-order valence-corrected chi connectivity index (χ1v) is 18.9. The number of fused-ring (bicyclic) bond motifs is 10. The second-order valence-corrected chi connectivity index (χ2v) is 14.9. The van der Waals surface area contributed by atoms with Crippen LogP contribution < -0.4 is 0 Å². The summed E-state index contributed by atoms with van der Waals surface area (Å²) in [5.74, 6) is 0. The molecule has 3 aromatic heterocycles. The molecule has 8 aromatic carbocycles. The van der Waals surface area contributed by atoms with E-state index in [0.717, 1.165) is 82.8 Å². The summed E-state index contributed by atoms with van der Waals surface area (Å²) in [6.07, 6.45) is 0. The van der Waals surface area contributed by atoms with Crippen LogP contribution in [0.25, 0.3) is 103 Å². The van der Waals surface area contributed by atoms with Gasteiger partial charge in [0.2, 0.25) is 0 Å². The molecule has 0 saturated heterocycles. The van der Waals surface area contributed by atoms with E-state index in [0.29, 0.717) is 11.1 Å². The molecule has 0 radical (unpaired) electrons. The number of rotatable bonds is 4. The van der Waals surface area contributed by atoms with Crippen LogP contribution >= 0.6 is 11.3 Å². The Kier molecular flexibility index (Phi) is 6.82. The Bertz CT molecular complexity index is 3460. The molecule has 5 heteroatoms. The maximum Gasteiger partial charge on any atom is 0.160 e. The van der Waals surface area contributed by atoms with E-state index in [1.54, 1.807) is 12.1 Å². The van der Waals surface area contributed by atoms with Crippen molar-refractivity contribution in [3.8, 4) is 51.2 Å². The first-order valence-electron chi connectivity index (χ1n) is 18.1. The lowest BCUT2D eigenvalue weighted by atomic mass is 9.90. The van der Waals surface area contributed by atoms with Gasteiger partial charge in [0.25, 0.3) is 0 Å². The van der Waals surface area contributed by atoms with Gasteiger partial charge in [-0.05, 0) is 82.9 Å². The van der Waals surface area contributed by atoms with Gasteiger partial charge in [0, 0.05) is 58.5 Å². The Morgan fingerprint density at radius 1 is 0.491 bits per heavy atom. The van der Waals surface area contributed by atoms with Crippen LogP contribution in [0.15, 0.2) is 168 Å². The fourth-order valence-electron chi connectivity index (χ4n) is 8.38. The zero-order valence-electron chi connectivity index (χ0n) is 29.2. The molecule has 254 valence electrons. The summed E-state index contributed by atoms with van der Waals surface area (Å²) in [6, 6.07) is 61.3. The van der Waals surface area contributed by atoms with Crippen molar-refractivity contribution >= 4 is 75.3 Å². The van der Waals surface area contributed by atoms with Crippen molar-refractivity contribution in [2.24, 2.45) is 0 Å². The Morgan fingerprint density at radius 2 is 1.24 bits per heavy atom. The van der Waals surface area contributed by atoms with Gasteiger partial charge in [-0.2, -0.15) is 10.5 Å². The highest BCUT2D eigenvalue weighted by Crippen LogP contribution is 2.46. The summed E-state index contributed by atoms with van der Waals surface area (Å²) in [6.45, 7) is 0. The van der Waals surface area contributed by atoms with Gasteiger partial charge < -0.3 is 8.98 Å². The van der Waals surface area contributed by atoms with Gasteiger partial charge in [-0.25, -0.2) is 0 Å². The predicted molar refractivity (Wildman–Crippen MR) is 227 cm³/mol. The van der Waals surface area contributed by atoms with Crippen molar-refractivity contribution in [1.82, 2.24) is 4.57 Å². The molecule has 0 aliphatic rings. The van der Waals surface area contributed by atoms with Crippen LogP contribution in [0.5, 0.6) is 0 Å². The first-order chi connectivity index (χ1) is 27.2. The predicted octanol–water partition coefficient (Wildman–Crippen LogP) is 13.8. The van der Waals surface area contributed by atoms with Crippen LogP contribution in [0, 0.1) is 22.7 Å². The molecule has 11 aromatic rings. The minimum Gasteiger partial charge on any atom is -0.454 e. The molecule has 4 nitrogen and oxygen atoms in total. The van der Waals surface area contributed by atoms with E-state index in [1.807, 2.05) is 47.7 Å². The van der Waals surface area contributed by atoms with E-state index < -0.39 is 0 Å². The average Bonchev–Trinajstić information content (AvgIpc) is 3.93. The Labute approximate surface area is 319 Å². The number of nitrogens with zero attached hydrogens (tertiary/aromatic N) is 3. The van der Waals surface area contributed by atoms with Crippen molar-refractivity contribution in [3.63, 3.8) is 0 Å². The smallest absolute Gasteiger partial charge is 0.160 e. The number of thiophene rings is 1. The zero-order valence-corrected chi connectivity index (χ0v) is 30.1. The Morgan fingerprint density at radius 3 is 2.09 bits per heavy atom. The van der Waals surface area contributed by atoms with Crippen LogP contribution in [0.3, 0.4) is 0 Å². The summed E-state index contributed by atoms with van der Waals surface area (Å²) < 4.78 is 11.5. The van der Waals surface area contributed by atoms with Gasteiger partial charge in [-0.3, -0.25) is 0 Å². The average molecular weight is 718 g/mol. The van der Waals surface area contributed by atoms with Crippen molar-refractivity contribution in [2.75, 3.05) is 0 Å². The molecule has 0 amide bonds. The van der Waals surface area contributed by atoms with E-state index in [9.17, 15) is 10.5 Å². The molecule has 0 spiro atoms. The van der Waals surface area contributed by atoms with E-state index in [4.69, 9.17) is 4.42 Å². The monoisotopic (exact) mass is 717 g/mol. The highest BCUT2D eigenvalue weighted by Gasteiger charge is 2.21. The third kappa shape index (κ3) is 4.68. The molecule has 3 heterocycles. The van der Waals surface area contributed by atoms with Gasteiger partial charge in [0.1, 0.15) is 5.58 Å². The molecule has 55 heavy (non-hydrogen) atoms. The Hall–Kier alpha value is -7.44. The fourth-order valence-corrected chi connectivity index (χ4v) is 9.61. The SMILES string of the molecule is N#Cc1ccc(-c2cc(-c3ccc(-n4c5ccccc5c5ccc6c7ccccc7oc6c54)cc3-c3cccc4c3sc3ccccc34)ccc2C#N)cc1. The van der Waals surface area contributed by atoms with Crippen LogP contribution in [0.2, 0.25) is 0 Å². The number of hydrogen-bond donors (Lipinski definition) is 0. The van der Waals surface area contributed by atoms with Crippen molar-refractivity contribution < 1.29 is 4.42 Å². The molecule has 0 fully saturated rings. The highest BCUT2D eigenvalue weighted by atomic mass is 32.1. The number of aromatic nitrogens is 1. The summed E-state index contributed by atoms with van der Waals surface area (Å²) >= 11 is 1.82. The number of nitriles is 2. The summed E-state index contributed by atoms with van der Waals surface area (Å²) in [5.41, 5.74) is 12.1. The summed E-state index contributed by atoms with van der Waals surface area (Å²) in [5, 5.41) is 26.6. The first kappa shape index (κ1) is 31.1. The molecular formula is C50H27N3OS. The normalized spacial score (nSPS) is 11.6. The number of furan rings is 1. The quantitative estimate of drug-likeness (QED) is 0.182. The van der Waals surface area contributed by atoms with E-state index in [-0.39, 0.29) is 0 Å². The number of para-hydroxylation sites is 2. The zero-order chi connectivity index (χ0) is 36.6. The largest absolute Gasteiger partial charge is 0.454 e. The maximum atomic E-state index is 10.2. The summed E-state index contributed by atoms with van der Waals surface area (Å²) in [7, 11) is 0. The van der Waals surface area contributed by atoms with Gasteiger partial charge in [0.15, 0.2) is 5.58 Å². The molecule has 0 atom stereocenters. The van der Waals surface area contributed by atoms with E-state index in [2.05, 4.69) is 132 Å². The molecule has 0 saturated carbocycles. The summed E-state index contributed by atoms with van der Waals surface area (Å²) in [4.78, 5) is 0. The van der Waals surface area contributed by atoms with Crippen molar-refractivity contribution in [1.29, 1.82) is 10.5 Å². The molecule has 11 rings (SSSR count). The van der Waals surface area contributed by atoms with Crippen LogP contribution in [0.4, 0.5) is 0 Å². The molecule has 0 aliphatic heterocycles. The minimum atomic E-state index is 0.581. The third-order valence-corrected chi connectivity index (χ3v) is 12.1. The van der Waals surface area contributed by atoms with Crippen LogP contribution in [-0.4, -0.2) is 4.57 Å². The Balaban J connectivity index is 1.22. The molecular weight excluding hydrogens is 691 g/mol. The lowest BCUT2D eigenvalue weighted by molar-refractivity contribution is 0.671. The lowest BCUT2D eigenvalue weighted by Crippen LogP contribution is -1.97. The van der Waals surface area contributed by atoms with Gasteiger partial charge in [0.05, 0.1) is 34.3 Å². The highest BCUT2D eigenvalue weighted by molar-refractivity contribution is 7.26. The van der Waals surface area contributed by atoms with Crippen molar-refractivity contribution in [3.05, 3.63) is 175 Å². The molecule has 0 N–H and O–H groups in total. The van der Waals surface area contributed by atoms with Crippen molar-refractivity contribution in [2.45, 2.75) is 0 Å².